The highest BCUT2D eigenvalue weighted by Gasteiger charge is 2.72. The van der Waals surface area contributed by atoms with Crippen LogP contribution in [0, 0.1) is 28.6 Å². The molecule has 122 valence electrons. The van der Waals surface area contributed by atoms with Crippen molar-refractivity contribution in [3.05, 3.63) is 22.8 Å². The Hall–Kier alpha value is -2.09. The number of hydrogen-bond acceptors (Lipinski definition) is 5. The zero-order chi connectivity index (χ0) is 16.9. The molecule has 0 aromatic carbocycles. The van der Waals surface area contributed by atoms with Gasteiger partial charge in [-0.1, -0.05) is 11.1 Å². The average molecular weight is 315 g/mol. The van der Waals surface area contributed by atoms with Crippen LogP contribution in [0.15, 0.2) is 22.8 Å². The van der Waals surface area contributed by atoms with Gasteiger partial charge in [0.05, 0.1) is 11.6 Å². The molecule has 0 radical (unpaired) electrons. The number of fused-ring (bicyclic) bond motifs is 1. The second-order valence-corrected chi connectivity index (χ2v) is 7.26. The van der Waals surface area contributed by atoms with Crippen LogP contribution in [-0.4, -0.2) is 24.1 Å². The van der Waals surface area contributed by atoms with Gasteiger partial charge in [0.1, 0.15) is 12.2 Å². The van der Waals surface area contributed by atoms with Crippen LogP contribution in [0.5, 0.6) is 0 Å². The van der Waals surface area contributed by atoms with Crippen LogP contribution in [0.2, 0.25) is 0 Å². The number of hydrogen-bond donors (Lipinski definition) is 0. The van der Waals surface area contributed by atoms with Gasteiger partial charge in [-0.3, -0.25) is 4.79 Å². The van der Waals surface area contributed by atoms with Crippen molar-refractivity contribution in [1.82, 2.24) is 0 Å². The molecule has 5 atom stereocenters. The second-order valence-electron chi connectivity index (χ2n) is 7.26. The first-order valence-electron chi connectivity index (χ1n) is 7.96. The molecule has 3 fully saturated rings. The van der Waals surface area contributed by atoms with E-state index in [4.69, 9.17) is 9.47 Å². The monoisotopic (exact) mass is 315 g/mol. The number of esters is 2. The van der Waals surface area contributed by atoms with E-state index in [2.05, 4.69) is 6.07 Å². The van der Waals surface area contributed by atoms with Gasteiger partial charge in [0.15, 0.2) is 5.41 Å². The van der Waals surface area contributed by atoms with Crippen LogP contribution in [0.25, 0.3) is 0 Å². The Morgan fingerprint density at radius 2 is 2.09 bits per heavy atom. The SMILES string of the molecule is CC(C)=CC(C(=O)OC1C2CC3C1OC(=O)C3(C#N)C2)=C(C)C. The fraction of sp³-hybridized carbons (Fsp3) is 0.611. The summed E-state index contributed by atoms with van der Waals surface area (Å²) in [6.07, 6.45) is 2.07. The standard InChI is InChI=1S/C18H21NO4/c1-9(2)5-12(10(3)4)16(20)22-14-11-6-13-15(14)23-17(21)18(13,7-11)8-19/h5,11,13-15H,6-7H2,1-4H3. The third-order valence-corrected chi connectivity index (χ3v) is 5.20. The maximum atomic E-state index is 12.5. The Morgan fingerprint density at radius 3 is 2.65 bits per heavy atom. The summed E-state index contributed by atoms with van der Waals surface area (Å²) in [5.74, 6) is -0.927. The molecule has 3 aliphatic rings. The van der Waals surface area contributed by atoms with Crippen LogP contribution in [-0.2, 0) is 19.1 Å². The Labute approximate surface area is 135 Å². The Balaban J connectivity index is 1.81. The first kappa shape index (κ1) is 15.8. The van der Waals surface area contributed by atoms with Gasteiger partial charge >= 0.3 is 11.9 Å². The third kappa shape index (κ3) is 2.20. The molecule has 0 aromatic heterocycles. The number of ether oxygens (including phenoxy) is 2. The summed E-state index contributed by atoms with van der Waals surface area (Å²) in [4.78, 5) is 24.6. The van der Waals surface area contributed by atoms with E-state index in [1.165, 1.54) is 0 Å². The lowest BCUT2D eigenvalue weighted by Crippen LogP contribution is -2.40. The molecule has 5 heteroatoms. The molecule has 0 amide bonds. The Kier molecular flexibility index (Phi) is 3.59. The van der Waals surface area contributed by atoms with Gasteiger partial charge in [-0.15, -0.1) is 0 Å². The summed E-state index contributed by atoms with van der Waals surface area (Å²) >= 11 is 0. The van der Waals surface area contributed by atoms with Gasteiger partial charge in [-0.05, 0) is 46.6 Å². The summed E-state index contributed by atoms with van der Waals surface area (Å²) in [6, 6.07) is 2.16. The first-order valence-corrected chi connectivity index (χ1v) is 7.96. The van der Waals surface area contributed by atoms with Crippen molar-refractivity contribution in [1.29, 1.82) is 5.26 Å². The predicted molar refractivity (Wildman–Crippen MR) is 81.8 cm³/mol. The number of carbonyl (C=O) groups excluding carboxylic acids is 2. The van der Waals surface area contributed by atoms with E-state index in [0.29, 0.717) is 18.4 Å². The molecule has 5 nitrogen and oxygen atoms in total. The highest BCUT2D eigenvalue weighted by atomic mass is 16.6. The lowest BCUT2D eigenvalue weighted by Gasteiger charge is -2.28. The molecule has 1 heterocycles. The molecule has 5 unspecified atom stereocenters. The zero-order valence-electron chi connectivity index (χ0n) is 13.9. The molecule has 2 bridgehead atoms. The van der Waals surface area contributed by atoms with E-state index in [-0.39, 0.29) is 17.8 Å². The minimum atomic E-state index is -1.00. The summed E-state index contributed by atoms with van der Waals surface area (Å²) in [5.41, 5.74) is 1.44. The molecule has 1 aliphatic heterocycles. The number of rotatable bonds is 3. The molecular formula is C18H21NO4. The van der Waals surface area contributed by atoms with E-state index in [1.54, 1.807) is 0 Å². The lowest BCUT2D eigenvalue weighted by molar-refractivity contribution is -0.158. The van der Waals surface area contributed by atoms with Crippen molar-refractivity contribution >= 4 is 11.9 Å². The van der Waals surface area contributed by atoms with E-state index >= 15 is 0 Å². The van der Waals surface area contributed by atoms with Crippen molar-refractivity contribution in [3.8, 4) is 6.07 Å². The van der Waals surface area contributed by atoms with Crippen molar-refractivity contribution in [2.24, 2.45) is 17.3 Å². The molecule has 2 aliphatic carbocycles. The van der Waals surface area contributed by atoms with E-state index < -0.39 is 23.6 Å². The van der Waals surface area contributed by atoms with Crippen molar-refractivity contribution in [3.63, 3.8) is 0 Å². The largest absolute Gasteiger partial charge is 0.457 e. The van der Waals surface area contributed by atoms with Crippen molar-refractivity contribution < 1.29 is 19.1 Å². The summed E-state index contributed by atoms with van der Waals surface area (Å²) < 4.78 is 11.1. The maximum Gasteiger partial charge on any atom is 0.338 e. The predicted octanol–water partition coefficient (Wildman–Crippen LogP) is 2.68. The van der Waals surface area contributed by atoms with Crippen molar-refractivity contribution in [2.45, 2.75) is 52.7 Å². The van der Waals surface area contributed by atoms with Crippen LogP contribution in [0.3, 0.4) is 0 Å². The second kappa shape index (κ2) is 5.23. The van der Waals surface area contributed by atoms with Gasteiger partial charge in [0, 0.05) is 11.8 Å². The average Bonchev–Trinajstić information content (AvgIpc) is 3.06. The normalized spacial score (nSPS) is 36.2. The topological polar surface area (TPSA) is 76.4 Å². The molecule has 0 spiro atoms. The quantitative estimate of drug-likeness (QED) is 0.454. The van der Waals surface area contributed by atoms with Gasteiger partial charge in [0.25, 0.3) is 0 Å². The van der Waals surface area contributed by atoms with E-state index in [9.17, 15) is 14.9 Å². The fourth-order valence-electron chi connectivity index (χ4n) is 4.17. The highest BCUT2D eigenvalue weighted by molar-refractivity contribution is 5.93. The summed E-state index contributed by atoms with van der Waals surface area (Å²) in [6.45, 7) is 7.59. The van der Waals surface area contributed by atoms with Gasteiger partial charge in [-0.2, -0.15) is 5.26 Å². The van der Waals surface area contributed by atoms with Crippen LogP contribution in [0.1, 0.15) is 40.5 Å². The Bertz CT molecular complexity index is 676. The number of nitriles is 1. The zero-order valence-corrected chi connectivity index (χ0v) is 13.9. The highest BCUT2D eigenvalue weighted by Crippen LogP contribution is 2.62. The molecular weight excluding hydrogens is 294 g/mol. The minimum absolute atomic E-state index is 0.0326. The van der Waals surface area contributed by atoms with E-state index in [1.807, 2.05) is 33.8 Å². The number of allylic oxidation sites excluding steroid dienone is 2. The van der Waals surface area contributed by atoms with Gasteiger partial charge in [-0.25, -0.2) is 4.79 Å². The number of carbonyl (C=O) groups is 2. The first-order chi connectivity index (χ1) is 10.8. The van der Waals surface area contributed by atoms with Crippen LogP contribution >= 0.6 is 0 Å². The molecule has 1 saturated heterocycles. The lowest BCUT2D eigenvalue weighted by atomic mass is 9.74. The maximum absolute atomic E-state index is 12.5. The smallest absolute Gasteiger partial charge is 0.338 e. The molecule has 2 saturated carbocycles. The third-order valence-electron chi connectivity index (χ3n) is 5.20. The van der Waals surface area contributed by atoms with Gasteiger partial charge in [0.2, 0.25) is 0 Å². The summed E-state index contributed by atoms with van der Waals surface area (Å²) in [5, 5.41) is 9.39. The summed E-state index contributed by atoms with van der Waals surface area (Å²) in [7, 11) is 0. The van der Waals surface area contributed by atoms with Crippen LogP contribution < -0.4 is 0 Å². The molecule has 0 N–H and O–H groups in total. The minimum Gasteiger partial charge on any atom is -0.457 e. The molecule has 0 aromatic rings. The van der Waals surface area contributed by atoms with Crippen LogP contribution in [0.4, 0.5) is 0 Å². The van der Waals surface area contributed by atoms with Gasteiger partial charge < -0.3 is 9.47 Å². The fourth-order valence-corrected chi connectivity index (χ4v) is 4.17. The Morgan fingerprint density at radius 1 is 1.39 bits per heavy atom. The number of nitrogens with zero attached hydrogens (tertiary/aromatic N) is 1. The molecule has 3 rings (SSSR count). The molecule has 23 heavy (non-hydrogen) atoms. The van der Waals surface area contributed by atoms with E-state index in [0.717, 1.165) is 11.1 Å². The van der Waals surface area contributed by atoms with Crippen molar-refractivity contribution in [2.75, 3.05) is 0 Å².